The van der Waals surface area contributed by atoms with E-state index in [9.17, 15) is 14.4 Å². The molecule has 9 heteroatoms. The molecule has 9 nitrogen and oxygen atoms in total. The number of nitrogens with two attached hydrogens (primary N) is 1. The lowest BCUT2D eigenvalue weighted by Crippen LogP contribution is -2.52. The fourth-order valence-corrected chi connectivity index (χ4v) is 4.29. The Bertz CT molecular complexity index is 1250. The number of nitrogen functional groups attached to an aromatic ring is 1. The topological polar surface area (TPSA) is 123 Å². The maximum atomic E-state index is 12.9. The summed E-state index contributed by atoms with van der Waals surface area (Å²) in [6, 6.07) is 6.77. The van der Waals surface area contributed by atoms with E-state index in [1.165, 1.54) is 4.90 Å². The molecule has 3 aromatic rings. The average Bonchev–Trinajstić information content (AvgIpc) is 3.28. The largest absolute Gasteiger partial charge is 0.397 e. The molecule has 2 aliphatic heterocycles. The molecule has 3 amide bonds. The van der Waals surface area contributed by atoms with Crippen molar-refractivity contribution < 1.29 is 14.4 Å². The van der Waals surface area contributed by atoms with Gasteiger partial charge in [-0.1, -0.05) is 6.07 Å². The van der Waals surface area contributed by atoms with E-state index < -0.39 is 11.9 Å². The van der Waals surface area contributed by atoms with Gasteiger partial charge in [0.05, 0.1) is 23.4 Å². The highest BCUT2D eigenvalue weighted by atomic mass is 16.2. The van der Waals surface area contributed by atoms with Gasteiger partial charge in [0.2, 0.25) is 11.8 Å². The maximum absolute atomic E-state index is 12.9. The molecule has 2 aromatic heterocycles. The minimum Gasteiger partial charge on any atom is -0.397 e. The van der Waals surface area contributed by atoms with Crippen molar-refractivity contribution in [2.75, 3.05) is 5.73 Å². The standard InChI is InChI=1S/C22H20N6O3/c1-27-11-25-19(20(27)13-7-15(23)9-24-8-13)12-2-3-16-14(6-12)10-28(22(16)31)17-4-5-18(29)26-21(17)30/h2-3,6-9,11,17H,4-5,10,23H2,1H3,(H,26,29,30)/t17-/m0/s1. The highest BCUT2D eigenvalue weighted by Crippen LogP contribution is 2.35. The van der Waals surface area contributed by atoms with Crippen LogP contribution in [0.2, 0.25) is 0 Å². The van der Waals surface area contributed by atoms with Gasteiger partial charge in [0.15, 0.2) is 0 Å². The van der Waals surface area contributed by atoms with Crippen LogP contribution in [0.25, 0.3) is 22.5 Å². The Morgan fingerprint density at radius 1 is 1.13 bits per heavy atom. The van der Waals surface area contributed by atoms with E-state index in [1.54, 1.807) is 24.8 Å². The zero-order valence-electron chi connectivity index (χ0n) is 16.8. The van der Waals surface area contributed by atoms with Gasteiger partial charge in [0.1, 0.15) is 6.04 Å². The summed E-state index contributed by atoms with van der Waals surface area (Å²) in [5.41, 5.74) is 11.2. The van der Waals surface area contributed by atoms with Crippen LogP contribution in [-0.4, -0.2) is 43.2 Å². The summed E-state index contributed by atoms with van der Waals surface area (Å²) in [4.78, 5) is 46.9. The van der Waals surface area contributed by atoms with E-state index in [0.717, 1.165) is 28.1 Å². The van der Waals surface area contributed by atoms with Gasteiger partial charge in [0, 0.05) is 49.1 Å². The fraction of sp³-hybridized carbons (Fsp3) is 0.227. The van der Waals surface area contributed by atoms with Crippen molar-refractivity contribution in [3.8, 4) is 22.5 Å². The number of amides is 3. The summed E-state index contributed by atoms with van der Waals surface area (Å²) in [5.74, 6) is -0.914. The molecule has 1 saturated heterocycles. The van der Waals surface area contributed by atoms with Crippen LogP contribution in [0.1, 0.15) is 28.8 Å². The predicted octanol–water partition coefficient (Wildman–Crippen LogP) is 1.49. The molecule has 0 aliphatic carbocycles. The zero-order chi connectivity index (χ0) is 21.7. The second-order valence-corrected chi connectivity index (χ2v) is 7.83. The quantitative estimate of drug-likeness (QED) is 0.624. The Kier molecular flexibility index (Phi) is 4.32. The highest BCUT2D eigenvalue weighted by Gasteiger charge is 2.39. The van der Waals surface area contributed by atoms with Crippen LogP contribution in [0.5, 0.6) is 0 Å². The SMILES string of the molecule is Cn1cnc(-c2ccc3c(c2)CN([C@H]2CCC(=O)NC2=O)C3=O)c1-c1cncc(N)c1. The number of rotatable bonds is 3. The Labute approximate surface area is 177 Å². The Morgan fingerprint density at radius 3 is 2.74 bits per heavy atom. The molecule has 5 rings (SSSR count). The van der Waals surface area contributed by atoms with E-state index in [2.05, 4.69) is 15.3 Å². The molecular formula is C22H20N6O3. The molecule has 0 bridgehead atoms. The minimum absolute atomic E-state index is 0.197. The second-order valence-electron chi connectivity index (χ2n) is 7.83. The van der Waals surface area contributed by atoms with Crippen LogP contribution >= 0.6 is 0 Å². The maximum Gasteiger partial charge on any atom is 0.255 e. The second kappa shape index (κ2) is 7.05. The number of nitrogens with zero attached hydrogens (tertiary/aromatic N) is 4. The lowest BCUT2D eigenvalue weighted by atomic mass is 10.0. The molecule has 0 saturated carbocycles. The third-order valence-corrected chi connectivity index (χ3v) is 5.77. The first-order valence-corrected chi connectivity index (χ1v) is 9.92. The Hall–Kier alpha value is -4.01. The van der Waals surface area contributed by atoms with Crippen molar-refractivity contribution in [3.05, 3.63) is 54.1 Å². The molecule has 3 N–H and O–H groups in total. The average molecular weight is 416 g/mol. The lowest BCUT2D eigenvalue weighted by molar-refractivity contribution is -0.136. The molecule has 0 radical (unpaired) electrons. The van der Waals surface area contributed by atoms with Gasteiger partial charge in [-0.05, 0) is 30.2 Å². The molecule has 1 fully saturated rings. The van der Waals surface area contributed by atoms with Crippen LogP contribution in [-0.2, 0) is 23.2 Å². The van der Waals surface area contributed by atoms with Gasteiger partial charge >= 0.3 is 0 Å². The first kappa shape index (κ1) is 19.0. The van der Waals surface area contributed by atoms with Gasteiger partial charge in [0.25, 0.3) is 5.91 Å². The van der Waals surface area contributed by atoms with E-state index in [1.807, 2.05) is 29.8 Å². The van der Waals surface area contributed by atoms with Gasteiger partial charge in [-0.2, -0.15) is 0 Å². The molecule has 1 atom stereocenters. The van der Waals surface area contributed by atoms with E-state index in [-0.39, 0.29) is 18.2 Å². The van der Waals surface area contributed by atoms with Crippen LogP contribution < -0.4 is 11.1 Å². The molecule has 4 heterocycles. The number of pyridine rings is 1. The Morgan fingerprint density at radius 2 is 1.97 bits per heavy atom. The first-order valence-electron chi connectivity index (χ1n) is 9.92. The van der Waals surface area contributed by atoms with Crippen molar-refractivity contribution in [2.24, 2.45) is 7.05 Å². The summed E-state index contributed by atoms with van der Waals surface area (Å²) in [6.45, 7) is 0.316. The van der Waals surface area contributed by atoms with E-state index >= 15 is 0 Å². The molecule has 0 unspecified atom stereocenters. The third kappa shape index (κ3) is 3.14. The van der Waals surface area contributed by atoms with Gasteiger partial charge < -0.3 is 15.2 Å². The molecule has 31 heavy (non-hydrogen) atoms. The predicted molar refractivity (Wildman–Crippen MR) is 112 cm³/mol. The normalized spacial score (nSPS) is 18.3. The number of nitrogens with one attached hydrogen (secondary N) is 1. The summed E-state index contributed by atoms with van der Waals surface area (Å²) in [5, 5.41) is 2.32. The molecule has 0 spiro atoms. The minimum atomic E-state index is -0.634. The number of carbonyl (C=O) groups excluding carboxylic acids is 3. The van der Waals surface area contributed by atoms with E-state index in [0.29, 0.717) is 24.2 Å². The highest BCUT2D eigenvalue weighted by molar-refractivity contribution is 6.05. The number of carbonyl (C=O) groups is 3. The number of hydrogen-bond acceptors (Lipinski definition) is 6. The van der Waals surface area contributed by atoms with Gasteiger partial charge in [-0.25, -0.2) is 4.98 Å². The van der Waals surface area contributed by atoms with Gasteiger partial charge in [-0.15, -0.1) is 0 Å². The number of hydrogen-bond donors (Lipinski definition) is 2. The lowest BCUT2D eigenvalue weighted by Gasteiger charge is -2.29. The van der Waals surface area contributed by atoms with Crippen molar-refractivity contribution in [3.63, 3.8) is 0 Å². The smallest absolute Gasteiger partial charge is 0.255 e. The monoisotopic (exact) mass is 416 g/mol. The van der Waals surface area contributed by atoms with Crippen LogP contribution in [0.15, 0.2) is 43.0 Å². The zero-order valence-corrected chi connectivity index (χ0v) is 16.8. The number of benzene rings is 1. The number of aromatic nitrogens is 3. The number of imidazole rings is 1. The van der Waals surface area contributed by atoms with Crippen LogP contribution in [0.3, 0.4) is 0 Å². The molecule has 1 aromatic carbocycles. The van der Waals surface area contributed by atoms with Crippen molar-refractivity contribution in [2.45, 2.75) is 25.4 Å². The number of anilines is 1. The fourth-order valence-electron chi connectivity index (χ4n) is 4.29. The summed E-state index contributed by atoms with van der Waals surface area (Å²) >= 11 is 0. The summed E-state index contributed by atoms with van der Waals surface area (Å²) in [6.07, 6.45) is 5.61. The van der Waals surface area contributed by atoms with Crippen molar-refractivity contribution in [1.29, 1.82) is 0 Å². The number of fused-ring (bicyclic) bond motifs is 1. The van der Waals surface area contributed by atoms with Crippen LogP contribution in [0.4, 0.5) is 5.69 Å². The molecule has 156 valence electrons. The summed E-state index contributed by atoms with van der Waals surface area (Å²) < 4.78 is 1.90. The molecular weight excluding hydrogens is 396 g/mol. The first-order chi connectivity index (χ1) is 14.9. The number of piperidine rings is 1. The number of aryl methyl sites for hydroxylation is 1. The Balaban J connectivity index is 1.50. The molecule has 2 aliphatic rings. The summed E-state index contributed by atoms with van der Waals surface area (Å²) in [7, 11) is 1.90. The number of imide groups is 1. The van der Waals surface area contributed by atoms with Crippen LogP contribution in [0, 0.1) is 0 Å². The van der Waals surface area contributed by atoms with Crippen molar-refractivity contribution in [1.82, 2.24) is 24.8 Å². The van der Waals surface area contributed by atoms with Gasteiger partial charge in [-0.3, -0.25) is 24.7 Å². The van der Waals surface area contributed by atoms with Crippen molar-refractivity contribution >= 4 is 23.4 Å². The third-order valence-electron chi connectivity index (χ3n) is 5.77. The van der Waals surface area contributed by atoms with E-state index in [4.69, 9.17) is 5.73 Å².